The van der Waals surface area contributed by atoms with Crippen molar-refractivity contribution >= 4 is 27.7 Å². The van der Waals surface area contributed by atoms with E-state index >= 15 is 0 Å². The molecule has 0 spiro atoms. The second-order valence-corrected chi connectivity index (χ2v) is 6.74. The van der Waals surface area contributed by atoms with Gasteiger partial charge in [0, 0.05) is 11.0 Å². The summed E-state index contributed by atoms with van der Waals surface area (Å²) >= 11 is 3.34. The van der Waals surface area contributed by atoms with Crippen LogP contribution in [0, 0.1) is 6.92 Å². The molecule has 0 atom stereocenters. The number of rotatable bonds is 6. The number of carbonyl (C=O) groups is 2. The number of aryl methyl sites for hydroxylation is 2. The van der Waals surface area contributed by atoms with Crippen molar-refractivity contribution in [1.82, 2.24) is 40.2 Å². The fourth-order valence-corrected chi connectivity index (χ4v) is 2.95. The molecule has 0 saturated carbocycles. The maximum atomic E-state index is 12.8. The first kappa shape index (κ1) is 20.4. The van der Waals surface area contributed by atoms with E-state index in [-0.39, 0.29) is 30.2 Å². The number of hydrogen-bond donors (Lipinski definition) is 4. The Balaban J connectivity index is 1.90. The van der Waals surface area contributed by atoms with Gasteiger partial charge in [0.1, 0.15) is 5.82 Å². The molecule has 0 unspecified atom stereocenters. The molecule has 0 aliphatic carbocycles. The van der Waals surface area contributed by atoms with Gasteiger partial charge in [0.25, 0.3) is 11.8 Å². The molecule has 0 fully saturated rings. The van der Waals surface area contributed by atoms with E-state index in [0.717, 1.165) is 9.15 Å². The second-order valence-electron chi connectivity index (χ2n) is 5.83. The molecule has 0 bridgehead atoms. The van der Waals surface area contributed by atoms with Crippen LogP contribution in [0.5, 0.6) is 0 Å². The van der Waals surface area contributed by atoms with E-state index < -0.39 is 11.8 Å². The maximum Gasteiger partial charge on any atom is 0.350 e. The quantitative estimate of drug-likeness (QED) is 0.195. The van der Waals surface area contributed by atoms with E-state index in [1.54, 1.807) is 31.2 Å². The van der Waals surface area contributed by atoms with Gasteiger partial charge in [0.2, 0.25) is 0 Å². The average Bonchev–Trinajstić information content (AvgIpc) is 3.27. The number of nitrogens with one attached hydrogen (secondary N) is 2. The monoisotopic (exact) mass is 464 g/mol. The maximum absolute atomic E-state index is 12.8. The van der Waals surface area contributed by atoms with Gasteiger partial charge in [-0.3, -0.25) is 25.0 Å². The first-order chi connectivity index (χ1) is 13.9. The predicted octanol–water partition coefficient (Wildman–Crippen LogP) is -1.40. The number of nitrogens with zero attached hydrogens (tertiary/aromatic N) is 6. The summed E-state index contributed by atoms with van der Waals surface area (Å²) in [6.45, 7) is 1.86. The van der Waals surface area contributed by atoms with Crippen molar-refractivity contribution in [3.63, 3.8) is 0 Å². The molecule has 14 heteroatoms. The fraction of sp³-hybridized carbons (Fsp3) is 0.200. The third kappa shape index (κ3) is 3.94. The highest BCUT2D eigenvalue weighted by Gasteiger charge is 2.25. The fourth-order valence-electron chi connectivity index (χ4n) is 2.68. The van der Waals surface area contributed by atoms with Gasteiger partial charge in [-0.1, -0.05) is 21.1 Å². The van der Waals surface area contributed by atoms with Crippen LogP contribution in [0.15, 0.2) is 33.5 Å². The van der Waals surface area contributed by atoms with Crippen LogP contribution in [0.4, 0.5) is 0 Å². The molecule has 0 aliphatic heterocycles. The summed E-state index contributed by atoms with van der Waals surface area (Å²) in [4.78, 5) is 36.6. The number of amides is 2. The van der Waals surface area contributed by atoms with Gasteiger partial charge >= 0.3 is 5.69 Å². The summed E-state index contributed by atoms with van der Waals surface area (Å²) in [5.74, 6) is 9.16. The Morgan fingerprint density at radius 3 is 2.38 bits per heavy atom. The highest BCUT2D eigenvalue weighted by molar-refractivity contribution is 9.10. The summed E-state index contributed by atoms with van der Waals surface area (Å²) in [6.07, 6.45) is 0. The summed E-state index contributed by atoms with van der Waals surface area (Å²) in [5.41, 5.74) is 3.58. The van der Waals surface area contributed by atoms with Gasteiger partial charge < -0.3 is 0 Å². The molecule has 152 valence electrons. The number of carbonyl (C=O) groups excluding carboxylic acids is 2. The first-order valence-corrected chi connectivity index (χ1v) is 9.04. The minimum Gasteiger partial charge on any atom is -0.289 e. The molecule has 2 aromatic heterocycles. The minimum atomic E-state index is -0.800. The standard InChI is InChI=1S/C15H17BrN10O3/c1-8-22-26(10-4-2-9(16)3-5-10)15(29)24(8)6-7-25-12(14(28)20-18)11(21-23-25)13(27)19-17/h2-5H,6-7,17-18H2,1H3,(H,19,27)(H,20,28). The van der Waals surface area contributed by atoms with Gasteiger partial charge in [-0.2, -0.15) is 9.78 Å². The number of nitrogen functional groups attached to an aromatic ring is 2. The molecular weight excluding hydrogens is 448 g/mol. The van der Waals surface area contributed by atoms with Gasteiger partial charge in [-0.25, -0.2) is 21.2 Å². The smallest absolute Gasteiger partial charge is 0.289 e. The normalized spacial score (nSPS) is 10.8. The van der Waals surface area contributed by atoms with Gasteiger partial charge in [0.05, 0.1) is 12.2 Å². The zero-order valence-electron chi connectivity index (χ0n) is 15.2. The average molecular weight is 465 g/mol. The molecule has 3 rings (SSSR count). The van der Waals surface area contributed by atoms with Gasteiger partial charge in [-0.15, -0.1) is 5.10 Å². The van der Waals surface area contributed by atoms with E-state index in [2.05, 4.69) is 31.3 Å². The van der Waals surface area contributed by atoms with Gasteiger partial charge in [0.15, 0.2) is 11.4 Å². The van der Waals surface area contributed by atoms with Gasteiger partial charge in [-0.05, 0) is 31.2 Å². The molecule has 13 nitrogen and oxygen atoms in total. The highest BCUT2D eigenvalue weighted by Crippen LogP contribution is 2.12. The van der Waals surface area contributed by atoms with Crippen molar-refractivity contribution in [3.05, 3.63) is 56.4 Å². The van der Waals surface area contributed by atoms with Crippen molar-refractivity contribution in [1.29, 1.82) is 0 Å². The summed E-state index contributed by atoms with van der Waals surface area (Å²) in [6, 6.07) is 7.10. The van der Waals surface area contributed by atoms with Crippen molar-refractivity contribution in [2.24, 2.45) is 11.7 Å². The third-order valence-electron chi connectivity index (χ3n) is 4.08. The lowest BCUT2D eigenvalue weighted by Crippen LogP contribution is -2.36. The molecule has 2 amide bonds. The van der Waals surface area contributed by atoms with Crippen molar-refractivity contribution in [3.8, 4) is 5.69 Å². The van der Waals surface area contributed by atoms with E-state index in [9.17, 15) is 14.4 Å². The van der Waals surface area contributed by atoms with Crippen LogP contribution in [0.1, 0.15) is 26.8 Å². The first-order valence-electron chi connectivity index (χ1n) is 8.25. The molecule has 29 heavy (non-hydrogen) atoms. The topological polar surface area (TPSA) is 181 Å². The predicted molar refractivity (Wildman–Crippen MR) is 104 cm³/mol. The number of benzene rings is 1. The zero-order valence-corrected chi connectivity index (χ0v) is 16.8. The third-order valence-corrected chi connectivity index (χ3v) is 4.61. The van der Waals surface area contributed by atoms with Crippen LogP contribution >= 0.6 is 15.9 Å². The Morgan fingerprint density at radius 2 is 1.76 bits per heavy atom. The van der Waals surface area contributed by atoms with Crippen LogP contribution in [0.3, 0.4) is 0 Å². The van der Waals surface area contributed by atoms with Crippen LogP contribution in [-0.2, 0) is 13.1 Å². The van der Waals surface area contributed by atoms with E-state index in [0.29, 0.717) is 11.5 Å². The number of nitrogens with two attached hydrogens (primary N) is 2. The number of hydrazine groups is 2. The summed E-state index contributed by atoms with van der Waals surface area (Å²) < 4.78 is 4.72. The molecule has 0 radical (unpaired) electrons. The molecule has 0 aliphatic rings. The van der Waals surface area contributed by atoms with Crippen LogP contribution in [0.2, 0.25) is 0 Å². The largest absolute Gasteiger partial charge is 0.350 e. The summed E-state index contributed by atoms with van der Waals surface area (Å²) in [5, 5.41) is 11.7. The van der Waals surface area contributed by atoms with Crippen LogP contribution < -0.4 is 28.2 Å². The Hall–Kier alpha value is -3.36. The minimum absolute atomic E-state index is 0.0559. The molecule has 0 saturated heterocycles. The van der Waals surface area contributed by atoms with Crippen LogP contribution in [0.25, 0.3) is 5.69 Å². The molecule has 6 N–H and O–H groups in total. The molecular formula is C15H17BrN10O3. The lowest BCUT2D eigenvalue weighted by Gasteiger charge is -2.07. The molecule has 1 aromatic carbocycles. The number of aromatic nitrogens is 6. The van der Waals surface area contributed by atoms with E-state index in [4.69, 9.17) is 11.7 Å². The number of halogens is 1. The number of hydrogen-bond acceptors (Lipinski definition) is 8. The van der Waals surface area contributed by atoms with Crippen molar-refractivity contribution in [2.75, 3.05) is 0 Å². The Bertz CT molecular complexity index is 1110. The Kier molecular flexibility index (Phi) is 5.86. The zero-order chi connectivity index (χ0) is 21.1. The van der Waals surface area contributed by atoms with E-state index in [1.165, 1.54) is 9.25 Å². The Labute approximate surface area is 171 Å². The van der Waals surface area contributed by atoms with Crippen molar-refractivity contribution < 1.29 is 9.59 Å². The molecule has 3 aromatic rings. The molecule has 2 heterocycles. The lowest BCUT2D eigenvalue weighted by atomic mass is 10.3. The summed E-state index contributed by atoms with van der Waals surface area (Å²) in [7, 11) is 0. The highest BCUT2D eigenvalue weighted by atomic mass is 79.9. The lowest BCUT2D eigenvalue weighted by molar-refractivity contribution is 0.0910. The second kappa shape index (κ2) is 8.34. The van der Waals surface area contributed by atoms with Crippen LogP contribution in [-0.4, -0.2) is 41.2 Å². The van der Waals surface area contributed by atoms with E-state index in [1.807, 2.05) is 10.9 Å². The Morgan fingerprint density at radius 1 is 1.10 bits per heavy atom. The van der Waals surface area contributed by atoms with Crippen molar-refractivity contribution in [2.45, 2.75) is 20.0 Å². The SMILES string of the molecule is Cc1nn(-c2ccc(Br)cc2)c(=O)n1CCn1nnc(C(=O)NN)c1C(=O)NN.